The van der Waals surface area contributed by atoms with E-state index in [2.05, 4.69) is 9.98 Å². The van der Waals surface area contributed by atoms with E-state index >= 15 is 0 Å². The normalized spacial score (nSPS) is 15.7. The van der Waals surface area contributed by atoms with Gasteiger partial charge in [0.1, 0.15) is 16.9 Å². The number of nitrogens with two attached hydrogens (primary N) is 1. The lowest BCUT2D eigenvalue weighted by atomic mass is 10.2. The molecule has 124 valence electrons. The van der Waals surface area contributed by atoms with Gasteiger partial charge in [-0.3, -0.25) is 0 Å². The van der Waals surface area contributed by atoms with Gasteiger partial charge in [0.25, 0.3) is 0 Å². The zero-order valence-electron chi connectivity index (χ0n) is 13.4. The first-order valence-electron chi connectivity index (χ1n) is 7.31. The zero-order valence-corrected chi connectivity index (χ0v) is 14.1. The van der Waals surface area contributed by atoms with Crippen LogP contribution in [-0.4, -0.2) is 28.9 Å². The minimum absolute atomic E-state index is 0.0417. The molecule has 0 unspecified atom stereocenters. The number of ether oxygens (including phenoxy) is 2. The summed E-state index contributed by atoms with van der Waals surface area (Å²) in [6.07, 6.45) is 5.34. The number of nitrogens with zero attached hydrogens (tertiary/aromatic N) is 2. The zero-order chi connectivity index (χ0) is 17.0. The summed E-state index contributed by atoms with van der Waals surface area (Å²) >= 11 is 6.02. The number of pyridine rings is 1. The molecular weight excluding hydrogens is 318 g/mol. The van der Waals surface area contributed by atoms with Crippen LogP contribution in [0.3, 0.4) is 0 Å². The Bertz CT molecular complexity index is 646. The largest absolute Gasteiger partial charge is 0.476 e. The maximum absolute atomic E-state index is 12.0. The SMILES string of the molecule is CC(C)(C)OC(=O)c1ccc(N=CC=C(N)OC2CC2)nc1Cl. The summed E-state index contributed by atoms with van der Waals surface area (Å²) in [6.45, 7) is 5.35. The van der Waals surface area contributed by atoms with Gasteiger partial charge in [0.15, 0.2) is 11.7 Å². The molecule has 0 bridgehead atoms. The van der Waals surface area contributed by atoms with Crippen molar-refractivity contribution in [2.24, 2.45) is 10.7 Å². The average Bonchev–Trinajstić information content (AvgIpc) is 3.20. The van der Waals surface area contributed by atoms with E-state index in [0.29, 0.717) is 11.7 Å². The van der Waals surface area contributed by atoms with Gasteiger partial charge in [0.05, 0.1) is 5.56 Å². The summed E-state index contributed by atoms with van der Waals surface area (Å²) in [7, 11) is 0. The van der Waals surface area contributed by atoms with Crippen LogP contribution < -0.4 is 5.73 Å². The molecule has 0 aromatic carbocycles. The number of rotatable bonds is 5. The topological polar surface area (TPSA) is 86.8 Å². The van der Waals surface area contributed by atoms with E-state index in [4.69, 9.17) is 26.8 Å². The van der Waals surface area contributed by atoms with Crippen LogP contribution in [0.5, 0.6) is 0 Å². The van der Waals surface area contributed by atoms with Crippen molar-refractivity contribution < 1.29 is 14.3 Å². The van der Waals surface area contributed by atoms with Crippen LogP contribution in [0.4, 0.5) is 5.82 Å². The van der Waals surface area contributed by atoms with Crippen LogP contribution in [0.1, 0.15) is 44.0 Å². The van der Waals surface area contributed by atoms with Crippen molar-refractivity contribution in [3.05, 3.63) is 34.8 Å². The van der Waals surface area contributed by atoms with E-state index in [1.807, 2.05) is 0 Å². The molecule has 0 aliphatic heterocycles. The van der Waals surface area contributed by atoms with Crippen molar-refractivity contribution in [3.63, 3.8) is 0 Å². The van der Waals surface area contributed by atoms with E-state index in [0.717, 1.165) is 12.8 Å². The Morgan fingerprint density at radius 1 is 1.43 bits per heavy atom. The Hall–Kier alpha value is -2.08. The van der Waals surface area contributed by atoms with Crippen LogP contribution in [0.2, 0.25) is 5.15 Å². The fourth-order valence-electron chi connectivity index (χ4n) is 1.59. The highest BCUT2D eigenvalue weighted by Gasteiger charge is 2.23. The summed E-state index contributed by atoms with van der Waals surface area (Å²) in [6, 6.07) is 3.11. The quantitative estimate of drug-likeness (QED) is 0.385. The van der Waals surface area contributed by atoms with Gasteiger partial charge in [-0.2, -0.15) is 0 Å². The maximum Gasteiger partial charge on any atom is 0.341 e. The van der Waals surface area contributed by atoms with Gasteiger partial charge in [-0.25, -0.2) is 14.8 Å². The number of allylic oxidation sites excluding steroid dienone is 1. The molecule has 1 fully saturated rings. The molecule has 7 heteroatoms. The number of halogens is 1. The summed E-state index contributed by atoms with van der Waals surface area (Å²) in [5.74, 6) is 0.151. The van der Waals surface area contributed by atoms with Crippen LogP contribution in [0, 0.1) is 0 Å². The van der Waals surface area contributed by atoms with Crippen molar-refractivity contribution in [3.8, 4) is 0 Å². The first-order chi connectivity index (χ1) is 10.7. The molecule has 0 amide bonds. The summed E-state index contributed by atoms with van der Waals surface area (Å²) < 4.78 is 10.6. The highest BCUT2D eigenvalue weighted by atomic mass is 35.5. The van der Waals surface area contributed by atoms with E-state index in [1.54, 1.807) is 32.9 Å². The van der Waals surface area contributed by atoms with Crippen LogP contribution in [0.15, 0.2) is 29.1 Å². The standard InChI is InChI=1S/C16H20ClN3O3/c1-16(2,3)23-15(21)11-6-7-13(20-14(11)17)19-9-8-12(18)22-10-4-5-10/h6-10H,4-5,18H2,1-3H3. The third kappa shape index (κ3) is 5.90. The maximum atomic E-state index is 12.0. The van der Waals surface area contributed by atoms with Crippen LogP contribution in [0.25, 0.3) is 0 Å². The fourth-order valence-corrected chi connectivity index (χ4v) is 1.81. The van der Waals surface area contributed by atoms with Crippen molar-refractivity contribution in [2.45, 2.75) is 45.3 Å². The molecule has 1 heterocycles. The molecule has 1 aromatic rings. The number of carbonyl (C=O) groups excluding carboxylic acids is 1. The highest BCUT2D eigenvalue weighted by Crippen LogP contribution is 2.25. The van der Waals surface area contributed by atoms with Gasteiger partial charge in [-0.05, 0) is 45.7 Å². The lowest BCUT2D eigenvalue weighted by Crippen LogP contribution is -2.24. The molecule has 1 saturated carbocycles. The number of carbonyl (C=O) groups is 1. The lowest BCUT2D eigenvalue weighted by molar-refractivity contribution is 0.00694. The monoisotopic (exact) mass is 337 g/mol. The minimum atomic E-state index is -0.596. The molecule has 1 aliphatic rings. The summed E-state index contributed by atoms with van der Waals surface area (Å²) in [4.78, 5) is 20.1. The first-order valence-corrected chi connectivity index (χ1v) is 7.69. The van der Waals surface area contributed by atoms with E-state index < -0.39 is 11.6 Å². The first kappa shape index (κ1) is 17.3. The van der Waals surface area contributed by atoms with Gasteiger partial charge in [0, 0.05) is 12.3 Å². The van der Waals surface area contributed by atoms with E-state index in [1.165, 1.54) is 12.3 Å². The number of aliphatic imine (C=N–C) groups is 1. The number of hydrogen-bond acceptors (Lipinski definition) is 6. The second-order valence-corrected chi connectivity index (χ2v) is 6.53. The molecule has 0 saturated heterocycles. The second-order valence-electron chi connectivity index (χ2n) is 6.17. The molecule has 0 atom stereocenters. The van der Waals surface area contributed by atoms with Gasteiger partial charge in [0.2, 0.25) is 0 Å². The van der Waals surface area contributed by atoms with E-state index in [9.17, 15) is 4.79 Å². The Morgan fingerprint density at radius 2 is 2.13 bits per heavy atom. The molecule has 0 radical (unpaired) electrons. The van der Waals surface area contributed by atoms with Crippen molar-refractivity contribution in [1.29, 1.82) is 0 Å². The number of esters is 1. The Kier molecular flexibility index (Phi) is 5.26. The second kappa shape index (κ2) is 7.00. The van der Waals surface area contributed by atoms with Crippen molar-refractivity contribution >= 4 is 29.6 Å². The van der Waals surface area contributed by atoms with E-state index in [-0.39, 0.29) is 16.8 Å². The van der Waals surface area contributed by atoms with Crippen LogP contribution in [-0.2, 0) is 9.47 Å². The van der Waals surface area contributed by atoms with Crippen molar-refractivity contribution in [2.75, 3.05) is 0 Å². The van der Waals surface area contributed by atoms with Crippen LogP contribution >= 0.6 is 11.6 Å². The van der Waals surface area contributed by atoms with Gasteiger partial charge < -0.3 is 15.2 Å². The predicted octanol–water partition coefficient (Wildman–Crippen LogP) is 3.37. The Morgan fingerprint density at radius 3 is 2.70 bits per heavy atom. The molecule has 23 heavy (non-hydrogen) atoms. The fraction of sp³-hybridized carbons (Fsp3) is 0.438. The predicted molar refractivity (Wildman–Crippen MR) is 88.9 cm³/mol. The van der Waals surface area contributed by atoms with Gasteiger partial charge >= 0.3 is 5.97 Å². The third-order valence-electron chi connectivity index (χ3n) is 2.73. The smallest absolute Gasteiger partial charge is 0.341 e. The number of aromatic nitrogens is 1. The highest BCUT2D eigenvalue weighted by molar-refractivity contribution is 6.32. The molecule has 2 N–H and O–H groups in total. The Balaban J connectivity index is 2.02. The molecule has 0 spiro atoms. The Labute approximate surface area is 140 Å². The summed E-state index contributed by atoms with van der Waals surface area (Å²) in [5.41, 5.74) is 5.28. The molecule has 1 aliphatic carbocycles. The van der Waals surface area contributed by atoms with Gasteiger partial charge in [-0.1, -0.05) is 11.6 Å². The average molecular weight is 338 g/mol. The lowest BCUT2D eigenvalue weighted by Gasteiger charge is -2.19. The van der Waals surface area contributed by atoms with Crippen molar-refractivity contribution in [1.82, 2.24) is 4.98 Å². The molecule has 2 rings (SSSR count). The molecule has 6 nitrogen and oxygen atoms in total. The third-order valence-corrected chi connectivity index (χ3v) is 3.01. The molecular formula is C16H20ClN3O3. The summed E-state index contributed by atoms with van der Waals surface area (Å²) in [5, 5.41) is 0.0417. The van der Waals surface area contributed by atoms with Gasteiger partial charge in [-0.15, -0.1) is 0 Å². The number of hydrogen-bond donors (Lipinski definition) is 1. The molecule has 1 aromatic heterocycles. The minimum Gasteiger partial charge on any atom is -0.476 e.